The lowest BCUT2D eigenvalue weighted by atomic mass is 9.70. The molecular weight excluding hydrogens is 434 g/mol. The second-order valence-electron chi connectivity index (χ2n) is 8.95. The van der Waals surface area contributed by atoms with E-state index in [4.69, 9.17) is 0 Å². The van der Waals surface area contributed by atoms with Crippen LogP contribution >= 0.6 is 15.9 Å². The Morgan fingerprint density at radius 3 is 1.77 bits per heavy atom. The Hall–Kier alpha value is -1.98. The average Bonchev–Trinajstić information content (AvgIpc) is 2.81. The Morgan fingerprint density at radius 2 is 1.20 bits per heavy atom. The summed E-state index contributed by atoms with van der Waals surface area (Å²) in [6, 6.07) is 33.7. The number of benzene rings is 3. The predicted octanol–water partition coefficient (Wildman–Crippen LogP) is 5.41. The van der Waals surface area contributed by atoms with Crippen LogP contribution in [0.3, 0.4) is 0 Å². The maximum Gasteiger partial charge on any atom is 0.0917 e. The first kappa shape index (κ1) is 18.8. The van der Waals surface area contributed by atoms with Gasteiger partial charge < -0.3 is 0 Å². The van der Waals surface area contributed by atoms with Gasteiger partial charge in [0.1, 0.15) is 0 Å². The zero-order chi connectivity index (χ0) is 20.1. The van der Waals surface area contributed by atoms with E-state index in [0.717, 1.165) is 25.1 Å². The molecule has 4 aliphatic rings. The van der Waals surface area contributed by atoms with E-state index < -0.39 is 0 Å². The first-order valence-corrected chi connectivity index (χ1v) is 11.9. The number of hydrogen-bond donors (Lipinski definition) is 0. The number of hydrogen-bond acceptors (Lipinski definition) is 3. The molecule has 4 aliphatic heterocycles. The van der Waals surface area contributed by atoms with Crippen LogP contribution in [-0.4, -0.2) is 39.8 Å². The van der Waals surface area contributed by atoms with E-state index in [2.05, 4.69) is 122 Å². The molecule has 30 heavy (non-hydrogen) atoms. The van der Waals surface area contributed by atoms with E-state index in [-0.39, 0.29) is 11.6 Å². The van der Waals surface area contributed by atoms with E-state index in [0.29, 0.717) is 12.2 Å². The molecule has 4 heteroatoms. The number of alkyl halides is 1. The monoisotopic (exact) mass is 459 g/mol. The highest BCUT2D eigenvalue weighted by atomic mass is 79.9. The molecule has 152 valence electrons. The molecule has 3 aromatic carbocycles. The minimum absolute atomic E-state index is 0.177. The molecule has 7 atom stereocenters. The van der Waals surface area contributed by atoms with Gasteiger partial charge in [-0.1, -0.05) is 107 Å². The zero-order valence-electron chi connectivity index (χ0n) is 16.9. The van der Waals surface area contributed by atoms with Crippen LogP contribution < -0.4 is 0 Å². The Bertz CT molecular complexity index is 1010. The van der Waals surface area contributed by atoms with Crippen molar-refractivity contribution in [2.45, 2.75) is 18.4 Å². The summed E-state index contributed by atoms with van der Waals surface area (Å²) in [5.41, 5.74) is 4.41. The fourth-order valence-corrected chi connectivity index (χ4v) is 6.81. The third-order valence-electron chi connectivity index (χ3n) is 7.14. The average molecular weight is 460 g/mol. The Morgan fingerprint density at radius 1 is 0.667 bits per heavy atom. The highest BCUT2D eigenvalue weighted by Crippen LogP contribution is 2.59. The van der Waals surface area contributed by atoms with Gasteiger partial charge in [0.25, 0.3) is 0 Å². The highest BCUT2D eigenvalue weighted by Gasteiger charge is 2.62. The second kappa shape index (κ2) is 7.31. The molecule has 0 radical (unpaired) electrons. The van der Waals surface area contributed by atoms with Gasteiger partial charge in [0, 0.05) is 29.9 Å². The van der Waals surface area contributed by atoms with Crippen molar-refractivity contribution < 1.29 is 0 Å². The van der Waals surface area contributed by atoms with Gasteiger partial charge in [0.2, 0.25) is 0 Å². The standard InChI is InChI=1S/C26H26BrN3/c27-16-26-17-28-19-30(23(26)20-10-4-1-5-11-20)25(22-14-8-3-9-15-22)29(18-26)24(28)21-12-6-2-7-13-21/h1-15,23-25H,16-19H2. The van der Waals surface area contributed by atoms with Gasteiger partial charge in [-0.05, 0) is 16.7 Å². The van der Waals surface area contributed by atoms with E-state index in [9.17, 15) is 0 Å². The first-order chi connectivity index (χ1) is 14.8. The van der Waals surface area contributed by atoms with Crippen molar-refractivity contribution in [3.8, 4) is 0 Å². The molecule has 3 nitrogen and oxygen atoms in total. The topological polar surface area (TPSA) is 9.72 Å². The van der Waals surface area contributed by atoms with Crippen LogP contribution in [0.2, 0.25) is 0 Å². The first-order valence-electron chi connectivity index (χ1n) is 10.8. The minimum atomic E-state index is 0.177. The van der Waals surface area contributed by atoms with E-state index in [1.54, 1.807) is 0 Å². The molecule has 0 aliphatic carbocycles. The van der Waals surface area contributed by atoms with Crippen LogP contribution in [0, 0.1) is 5.41 Å². The van der Waals surface area contributed by atoms with Gasteiger partial charge in [-0.25, -0.2) is 0 Å². The Kier molecular flexibility index (Phi) is 4.57. The predicted molar refractivity (Wildman–Crippen MR) is 124 cm³/mol. The van der Waals surface area contributed by atoms with Crippen molar-refractivity contribution >= 4 is 15.9 Å². The van der Waals surface area contributed by atoms with Gasteiger partial charge in [0.15, 0.2) is 0 Å². The summed E-state index contributed by atoms with van der Waals surface area (Å²) in [4.78, 5) is 8.15. The van der Waals surface area contributed by atoms with Crippen molar-refractivity contribution in [1.29, 1.82) is 0 Å². The minimum Gasteiger partial charge on any atom is -0.270 e. The lowest BCUT2D eigenvalue weighted by molar-refractivity contribution is -0.273. The lowest BCUT2D eigenvalue weighted by Gasteiger charge is -2.70. The zero-order valence-corrected chi connectivity index (χ0v) is 18.5. The molecule has 0 saturated carbocycles. The van der Waals surface area contributed by atoms with Crippen molar-refractivity contribution in [1.82, 2.24) is 14.7 Å². The molecule has 7 unspecified atom stereocenters. The summed E-state index contributed by atoms with van der Waals surface area (Å²) in [5.74, 6) is 0. The smallest absolute Gasteiger partial charge is 0.0917 e. The van der Waals surface area contributed by atoms with Gasteiger partial charge >= 0.3 is 0 Å². The summed E-state index contributed by atoms with van der Waals surface area (Å²) in [7, 11) is 0. The van der Waals surface area contributed by atoms with E-state index >= 15 is 0 Å². The summed E-state index contributed by atoms with van der Waals surface area (Å²) in [5, 5.41) is 1.01. The van der Waals surface area contributed by atoms with E-state index in [1.807, 2.05) is 0 Å². The van der Waals surface area contributed by atoms with Crippen LogP contribution in [0.1, 0.15) is 35.1 Å². The maximum atomic E-state index is 3.95. The van der Waals surface area contributed by atoms with E-state index in [1.165, 1.54) is 16.7 Å². The van der Waals surface area contributed by atoms with Crippen molar-refractivity contribution in [3.63, 3.8) is 0 Å². The fraction of sp³-hybridized carbons (Fsp3) is 0.308. The van der Waals surface area contributed by atoms with Gasteiger partial charge in [-0.3, -0.25) is 14.7 Å². The van der Waals surface area contributed by atoms with Gasteiger partial charge in [0.05, 0.1) is 19.0 Å². The fourth-order valence-electron chi connectivity index (χ4n) is 6.15. The summed E-state index contributed by atoms with van der Waals surface area (Å²) in [6.07, 6.45) is 0.613. The SMILES string of the molecule is BrCC12CN3CN(C(c4ccccc4)N(C1)C3c1ccccc1)C2c1ccccc1. The van der Waals surface area contributed by atoms with Crippen LogP contribution in [-0.2, 0) is 0 Å². The quantitative estimate of drug-likeness (QED) is 0.482. The maximum absolute atomic E-state index is 3.95. The van der Waals surface area contributed by atoms with Crippen molar-refractivity contribution in [2.24, 2.45) is 5.41 Å². The number of rotatable bonds is 4. The summed E-state index contributed by atoms with van der Waals surface area (Å²) in [6.45, 7) is 3.19. The van der Waals surface area contributed by atoms with Gasteiger partial charge in [-0.2, -0.15) is 0 Å². The molecule has 7 rings (SSSR count). The Balaban J connectivity index is 1.50. The molecule has 4 saturated heterocycles. The molecule has 0 amide bonds. The van der Waals surface area contributed by atoms with Crippen molar-refractivity contribution in [3.05, 3.63) is 108 Å². The third kappa shape index (κ3) is 2.75. The van der Waals surface area contributed by atoms with Crippen molar-refractivity contribution in [2.75, 3.05) is 25.1 Å². The third-order valence-corrected chi connectivity index (χ3v) is 8.25. The van der Waals surface area contributed by atoms with Crippen LogP contribution in [0.25, 0.3) is 0 Å². The molecule has 0 N–H and O–H groups in total. The highest BCUT2D eigenvalue weighted by molar-refractivity contribution is 9.09. The Labute approximate surface area is 187 Å². The summed E-state index contributed by atoms with van der Waals surface area (Å²) < 4.78 is 0. The van der Waals surface area contributed by atoms with Crippen LogP contribution in [0.4, 0.5) is 0 Å². The number of halogens is 1. The molecular formula is C26H26BrN3. The molecule has 4 heterocycles. The largest absolute Gasteiger partial charge is 0.270 e. The molecule has 0 aromatic heterocycles. The second-order valence-corrected chi connectivity index (χ2v) is 9.51. The normalized spacial score (nSPS) is 36.7. The van der Waals surface area contributed by atoms with Crippen LogP contribution in [0.15, 0.2) is 91.0 Å². The lowest BCUT2D eigenvalue weighted by Crippen LogP contribution is -2.75. The summed E-state index contributed by atoms with van der Waals surface area (Å²) >= 11 is 3.95. The molecule has 4 bridgehead atoms. The molecule has 0 spiro atoms. The molecule has 4 fully saturated rings. The number of nitrogens with zero attached hydrogens (tertiary/aromatic N) is 3. The molecule has 3 aromatic rings. The van der Waals surface area contributed by atoms with Crippen LogP contribution in [0.5, 0.6) is 0 Å². The van der Waals surface area contributed by atoms with Gasteiger partial charge in [-0.15, -0.1) is 0 Å².